The van der Waals surface area contributed by atoms with Crippen LogP contribution in [0.5, 0.6) is 0 Å². The molecular weight excluding hydrogens is 310 g/mol. The normalized spacial score (nSPS) is 11.7. The van der Waals surface area contributed by atoms with Crippen molar-refractivity contribution in [1.29, 1.82) is 5.26 Å². The number of hydrogen-bond acceptors (Lipinski definition) is 6. The highest BCUT2D eigenvalue weighted by Gasteiger charge is 2.31. The first kappa shape index (κ1) is 15.7. The molecule has 0 aliphatic carbocycles. The molecule has 0 aromatic carbocycles. The highest BCUT2D eigenvalue weighted by atomic mass is 32.2. The summed E-state index contributed by atoms with van der Waals surface area (Å²) in [7, 11) is -3.73. The molecule has 0 radical (unpaired) electrons. The van der Waals surface area contributed by atoms with Crippen molar-refractivity contribution in [3.8, 4) is 6.07 Å². The molecule has 0 amide bonds. The lowest BCUT2D eigenvalue weighted by Gasteiger charge is -2.20. The second-order valence-corrected chi connectivity index (χ2v) is 7.39. The van der Waals surface area contributed by atoms with Crippen LogP contribution in [0, 0.1) is 25.2 Å². The van der Waals surface area contributed by atoms with E-state index >= 15 is 0 Å². The van der Waals surface area contributed by atoms with Gasteiger partial charge in [0.1, 0.15) is 10.6 Å². The maximum atomic E-state index is 12.8. The average molecular weight is 325 g/mol. The molecule has 0 aliphatic heterocycles. The molecule has 0 fully saturated rings. The molecule has 2 heterocycles. The maximum absolute atomic E-state index is 12.8. The van der Waals surface area contributed by atoms with Crippen molar-refractivity contribution in [3.05, 3.63) is 33.8 Å². The van der Waals surface area contributed by atoms with Gasteiger partial charge in [0.15, 0.2) is 5.76 Å². The van der Waals surface area contributed by atoms with Crippen molar-refractivity contribution in [3.63, 3.8) is 0 Å². The first-order valence-corrected chi connectivity index (χ1v) is 8.61. The zero-order chi connectivity index (χ0) is 15.5. The number of rotatable bonds is 6. The Morgan fingerprint density at radius 1 is 1.48 bits per heavy atom. The quantitative estimate of drug-likeness (QED) is 0.814. The zero-order valence-electron chi connectivity index (χ0n) is 11.7. The van der Waals surface area contributed by atoms with Gasteiger partial charge in [-0.3, -0.25) is 0 Å². The number of aryl methyl sites for hydroxylation is 2. The maximum Gasteiger partial charge on any atom is 0.248 e. The molecule has 2 rings (SSSR count). The minimum absolute atomic E-state index is 0.0944. The Hall–Kier alpha value is -1.69. The van der Waals surface area contributed by atoms with Crippen LogP contribution in [0.4, 0.5) is 0 Å². The van der Waals surface area contributed by atoms with E-state index in [0.717, 1.165) is 4.88 Å². The Morgan fingerprint density at radius 2 is 2.24 bits per heavy atom. The molecule has 6 nitrogen and oxygen atoms in total. The summed E-state index contributed by atoms with van der Waals surface area (Å²) >= 11 is 1.48. The van der Waals surface area contributed by atoms with E-state index < -0.39 is 10.0 Å². The number of hydrogen-bond donors (Lipinski definition) is 0. The Bertz CT molecular complexity index is 723. The molecule has 112 valence electrons. The molecule has 0 saturated heterocycles. The van der Waals surface area contributed by atoms with Gasteiger partial charge in [0.05, 0.1) is 6.07 Å². The molecule has 0 unspecified atom stereocenters. The third kappa shape index (κ3) is 3.32. The summed E-state index contributed by atoms with van der Waals surface area (Å²) in [4.78, 5) is 1.01. The van der Waals surface area contributed by atoms with Crippen molar-refractivity contribution < 1.29 is 12.9 Å². The van der Waals surface area contributed by atoms with E-state index in [1.807, 2.05) is 23.6 Å². The molecule has 0 spiro atoms. The monoisotopic (exact) mass is 325 g/mol. The van der Waals surface area contributed by atoms with Crippen LogP contribution >= 0.6 is 11.3 Å². The minimum Gasteiger partial charge on any atom is -0.360 e. The standard InChI is InChI=1S/C13H15N3O3S2/c1-10-13(11(2)19-15-10)21(17,18)16(7-4-6-14)9-12-5-3-8-20-12/h3,5,8H,4,7,9H2,1-2H3. The fourth-order valence-corrected chi connectivity index (χ4v) is 4.52. The van der Waals surface area contributed by atoms with Crippen LogP contribution in [0.2, 0.25) is 0 Å². The predicted molar refractivity (Wildman–Crippen MR) is 78.1 cm³/mol. The highest BCUT2D eigenvalue weighted by Crippen LogP contribution is 2.25. The third-order valence-electron chi connectivity index (χ3n) is 2.95. The molecule has 21 heavy (non-hydrogen) atoms. The summed E-state index contributed by atoms with van der Waals surface area (Å²) in [5, 5.41) is 14.3. The number of nitrogens with zero attached hydrogens (tertiary/aromatic N) is 3. The molecule has 0 atom stereocenters. The van der Waals surface area contributed by atoms with Crippen LogP contribution in [-0.4, -0.2) is 24.4 Å². The average Bonchev–Trinajstić information content (AvgIpc) is 3.04. The van der Waals surface area contributed by atoms with E-state index in [1.54, 1.807) is 13.8 Å². The first-order valence-electron chi connectivity index (χ1n) is 6.29. The molecule has 2 aromatic rings. The van der Waals surface area contributed by atoms with Crippen LogP contribution in [0.15, 0.2) is 26.9 Å². The highest BCUT2D eigenvalue weighted by molar-refractivity contribution is 7.89. The summed E-state index contributed by atoms with van der Waals surface area (Å²) in [6, 6.07) is 5.72. The smallest absolute Gasteiger partial charge is 0.248 e. The van der Waals surface area contributed by atoms with Crippen LogP contribution < -0.4 is 0 Å². The molecular formula is C13H15N3O3S2. The van der Waals surface area contributed by atoms with E-state index in [9.17, 15) is 8.42 Å². The first-order chi connectivity index (χ1) is 9.96. The minimum atomic E-state index is -3.73. The number of sulfonamides is 1. The van der Waals surface area contributed by atoms with Crippen molar-refractivity contribution in [2.45, 2.75) is 31.7 Å². The number of nitriles is 1. The molecule has 0 saturated carbocycles. The van der Waals surface area contributed by atoms with Crippen LogP contribution in [0.3, 0.4) is 0 Å². The Kier molecular flexibility index (Phi) is 4.77. The predicted octanol–water partition coefficient (Wildman–Crippen LogP) is 2.46. The summed E-state index contributed by atoms with van der Waals surface area (Å²) in [6.07, 6.45) is 0.133. The largest absolute Gasteiger partial charge is 0.360 e. The van der Waals surface area contributed by atoms with Crippen LogP contribution in [-0.2, 0) is 16.6 Å². The van der Waals surface area contributed by atoms with E-state index in [1.165, 1.54) is 15.6 Å². The van der Waals surface area contributed by atoms with Crippen molar-refractivity contribution in [2.75, 3.05) is 6.54 Å². The van der Waals surface area contributed by atoms with Gasteiger partial charge < -0.3 is 4.52 Å². The van der Waals surface area contributed by atoms with E-state index in [4.69, 9.17) is 9.78 Å². The van der Waals surface area contributed by atoms with Gasteiger partial charge in [0.25, 0.3) is 0 Å². The fourth-order valence-electron chi connectivity index (χ4n) is 2.01. The Morgan fingerprint density at radius 3 is 2.76 bits per heavy atom. The SMILES string of the molecule is Cc1noc(C)c1S(=O)(=O)N(CCC#N)Cc1cccs1. The summed E-state index contributed by atoms with van der Waals surface area (Å²) in [5.74, 6) is 0.264. The molecule has 0 bridgehead atoms. The fraction of sp³-hybridized carbons (Fsp3) is 0.385. The van der Waals surface area contributed by atoms with Gasteiger partial charge in [-0.25, -0.2) is 8.42 Å². The molecule has 8 heteroatoms. The lowest BCUT2D eigenvalue weighted by Crippen LogP contribution is -2.31. The van der Waals surface area contributed by atoms with Crippen molar-refractivity contribution in [2.24, 2.45) is 0 Å². The van der Waals surface area contributed by atoms with Crippen molar-refractivity contribution in [1.82, 2.24) is 9.46 Å². The topological polar surface area (TPSA) is 87.2 Å². The second-order valence-electron chi connectivity index (χ2n) is 4.48. The zero-order valence-corrected chi connectivity index (χ0v) is 13.4. The lowest BCUT2D eigenvalue weighted by atomic mass is 10.4. The number of thiophene rings is 1. The van der Waals surface area contributed by atoms with Crippen LogP contribution in [0.1, 0.15) is 22.8 Å². The summed E-state index contributed by atoms with van der Waals surface area (Å²) in [5.41, 5.74) is 0.334. The summed E-state index contributed by atoms with van der Waals surface area (Å²) < 4.78 is 31.8. The molecule has 0 N–H and O–H groups in total. The van der Waals surface area contributed by atoms with Gasteiger partial charge in [-0.1, -0.05) is 11.2 Å². The van der Waals surface area contributed by atoms with Gasteiger partial charge in [-0.05, 0) is 25.3 Å². The lowest BCUT2D eigenvalue weighted by molar-refractivity contribution is 0.387. The van der Waals surface area contributed by atoms with Gasteiger partial charge >= 0.3 is 0 Å². The van der Waals surface area contributed by atoms with Gasteiger partial charge in [-0.15, -0.1) is 11.3 Å². The van der Waals surface area contributed by atoms with Gasteiger partial charge in [-0.2, -0.15) is 9.57 Å². The van der Waals surface area contributed by atoms with Gasteiger partial charge in [0.2, 0.25) is 10.0 Å². The van der Waals surface area contributed by atoms with E-state index in [0.29, 0.717) is 5.69 Å². The van der Waals surface area contributed by atoms with Gasteiger partial charge in [0, 0.05) is 24.4 Å². The number of aromatic nitrogens is 1. The van der Waals surface area contributed by atoms with E-state index in [2.05, 4.69) is 5.16 Å². The molecule has 0 aliphatic rings. The third-order valence-corrected chi connectivity index (χ3v) is 5.90. The van der Waals surface area contributed by atoms with Crippen LogP contribution in [0.25, 0.3) is 0 Å². The Labute approximate surface area is 127 Å². The Balaban J connectivity index is 2.37. The summed E-state index contributed by atoms with van der Waals surface area (Å²) in [6.45, 7) is 3.55. The van der Waals surface area contributed by atoms with Crippen molar-refractivity contribution >= 4 is 21.4 Å². The molecule has 2 aromatic heterocycles. The van der Waals surface area contributed by atoms with E-state index in [-0.39, 0.29) is 30.2 Å². The second kappa shape index (κ2) is 6.39.